The maximum absolute atomic E-state index is 13.0. The molecule has 1 amide bonds. The third-order valence-corrected chi connectivity index (χ3v) is 6.63. The number of nitrogens with zero attached hydrogens (tertiary/aromatic N) is 1. The number of carbonyl (C=O) groups excluding carboxylic acids is 1. The van der Waals surface area contributed by atoms with E-state index in [1.54, 1.807) is 4.90 Å². The van der Waals surface area contributed by atoms with Crippen molar-refractivity contribution in [3.63, 3.8) is 0 Å². The van der Waals surface area contributed by atoms with E-state index in [4.69, 9.17) is 28.6 Å². The number of para-hydroxylation sites is 1. The van der Waals surface area contributed by atoms with E-state index in [-0.39, 0.29) is 5.91 Å². The number of benzene rings is 3. The van der Waals surface area contributed by atoms with Crippen molar-refractivity contribution in [2.24, 2.45) is 0 Å². The van der Waals surface area contributed by atoms with E-state index in [0.717, 1.165) is 17.5 Å². The van der Waals surface area contributed by atoms with Crippen molar-refractivity contribution >= 4 is 51.9 Å². The van der Waals surface area contributed by atoms with Crippen LogP contribution in [0, 0.1) is 0 Å². The van der Waals surface area contributed by atoms with E-state index in [1.807, 2.05) is 72.8 Å². The number of amides is 1. The van der Waals surface area contributed by atoms with Gasteiger partial charge in [-0.3, -0.25) is 9.69 Å². The zero-order chi connectivity index (χ0) is 21.6. The lowest BCUT2D eigenvalue weighted by Crippen LogP contribution is -2.30. The fraction of sp³-hybridized carbons (Fsp3) is 0.120. The molecule has 156 valence electrons. The van der Waals surface area contributed by atoms with E-state index >= 15 is 0 Å². The summed E-state index contributed by atoms with van der Waals surface area (Å²) in [7, 11) is 0. The summed E-state index contributed by atoms with van der Waals surface area (Å²) in [5.74, 6) is 0.629. The van der Waals surface area contributed by atoms with Gasteiger partial charge in [0.1, 0.15) is 16.7 Å². The van der Waals surface area contributed by atoms with Crippen LogP contribution >= 0.6 is 35.6 Å². The van der Waals surface area contributed by atoms with E-state index in [2.05, 4.69) is 12.1 Å². The fourth-order valence-corrected chi connectivity index (χ4v) is 4.71. The van der Waals surface area contributed by atoms with Crippen molar-refractivity contribution in [1.82, 2.24) is 4.90 Å². The summed E-state index contributed by atoms with van der Waals surface area (Å²) in [6.45, 7) is 0.916. The normalized spacial score (nSPS) is 15.0. The van der Waals surface area contributed by atoms with Gasteiger partial charge in [0.25, 0.3) is 5.91 Å². The summed E-state index contributed by atoms with van der Waals surface area (Å²) >= 11 is 13.0. The molecule has 0 saturated carbocycles. The minimum atomic E-state index is -0.0631. The molecule has 1 fully saturated rings. The molecular formula is C25H20ClNO2S2. The molecule has 3 aromatic rings. The Kier molecular flexibility index (Phi) is 7.07. The minimum absolute atomic E-state index is 0.0631. The predicted octanol–water partition coefficient (Wildman–Crippen LogP) is 6.36. The molecule has 3 nitrogen and oxygen atoms in total. The van der Waals surface area contributed by atoms with Crippen LogP contribution in [0.25, 0.3) is 6.08 Å². The Morgan fingerprint density at radius 3 is 2.48 bits per heavy atom. The number of halogens is 1. The minimum Gasteiger partial charge on any atom is -0.488 e. The highest BCUT2D eigenvalue weighted by Crippen LogP contribution is 2.34. The highest BCUT2D eigenvalue weighted by Gasteiger charge is 2.31. The third-order valence-electron chi connectivity index (χ3n) is 4.89. The van der Waals surface area contributed by atoms with Crippen molar-refractivity contribution in [2.45, 2.75) is 13.0 Å². The second kappa shape index (κ2) is 10.1. The van der Waals surface area contributed by atoms with Crippen LogP contribution < -0.4 is 4.74 Å². The number of hydrogen-bond acceptors (Lipinski definition) is 4. The molecule has 0 atom stereocenters. The molecule has 31 heavy (non-hydrogen) atoms. The molecule has 1 aliphatic rings. The average Bonchev–Trinajstić information content (AvgIpc) is 3.05. The summed E-state index contributed by atoms with van der Waals surface area (Å²) < 4.78 is 6.60. The molecule has 1 aliphatic heterocycles. The van der Waals surface area contributed by atoms with Crippen LogP contribution in [0.1, 0.15) is 16.7 Å². The second-order valence-corrected chi connectivity index (χ2v) is 9.07. The maximum Gasteiger partial charge on any atom is 0.266 e. The van der Waals surface area contributed by atoms with Crippen molar-refractivity contribution < 1.29 is 9.53 Å². The molecule has 1 heterocycles. The molecule has 3 aromatic carbocycles. The lowest BCUT2D eigenvalue weighted by molar-refractivity contribution is -0.122. The van der Waals surface area contributed by atoms with Crippen LogP contribution in [-0.4, -0.2) is 21.7 Å². The van der Waals surface area contributed by atoms with Crippen LogP contribution in [-0.2, 0) is 17.8 Å². The second-order valence-electron chi connectivity index (χ2n) is 6.99. The van der Waals surface area contributed by atoms with Gasteiger partial charge in [-0.05, 0) is 30.2 Å². The zero-order valence-electron chi connectivity index (χ0n) is 16.7. The average molecular weight is 466 g/mol. The maximum atomic E-state index is 13.0. The molecule has 6 heteroatoms. The molecule has 0 spiro atoms. The third kappa shape index (κ3) is 5.37. The molecule has 4 rings (SSSR count). The molecule has 0 aromatic heterocycles. The first kappa shape index (κ1) is 21.6. The molecule has 1 saturated heterocycles. The van der Waals surface area contributed by atoms with E-state index in [1.165, 1.54) is 17.3 Å². The van der Waals surface area contributed by atoms with Crippen molar-refractivity contribution in [1.29, 1.82) is 0 Å². The van der Waals surface area contributed by atoms with Crippen LogP contribution in [0.15, 0.2) is 83.8 Å². The number of thiocarbonyl (C=S) groups is 1. The zero-order valence-corrected chi connectivity index (χ0v) is 19.1. The summed E-state index contributed by atoms with van der Waals surface area (Å²) in [4.78, 5) is 15.2. The molecule has 0 aliphatic carbocycles. The Hall–Kier alpha value is -2.60. The van der Waals surface area contributed by atoms with Gasteiger partial charge in [0.2, 0.25) is 0 Å². The van der Waals surface area contributed by atoms with Crippen LogP contribution in [0.3, 0.4) is 0 Å². The highest BCUT2D eigenvalue weighted by molar-refractivity contribution is 8.26. The van der Waals surface area contributed by atoms with Gasteiger partial charge in [0.05, 0.1) is 4.91 Å². The first-order valence-corrected chi connectivity index (χ1v) is 11.5. The molecule has 0 unspecified atom stereocenters. The predicted molar refractivity (Wildman–Crippen MR) is 132 cm³/mol. The molecule has 0 radical (unpaired) electrons. The Morgan fingerprint density at radius 2 is 1.68 bits per heavy atom. The first-order valence-electron chi connectivity index (χ1n) is 9.86. The monoisotopic (exact) mass is 465 g/mol. The van der Waals surface area contributed by atoms with Gasteiger partial charge in [0, 0.05) is 22.7 Å². The van der Waals surface area contributed by atoms with Crippen LogP contribution in [0.2, 0.25) is 5.02 Å². The largest absolute Gasteiger partial charge is 0.488 e. The Morgan fingerprint density at radius 1 is 0.968 bits per heavy atom. The Bertz CT molecular complexity index is 1130. The molecular weight excluding hydrogens is 446 g/mol. The van der Waals surface area contributed by atoms with E-state index < -0.39 is 0 Å². The summed E-state index contributed by atoms with van der Waals surface area (Å²) in [6.07, 6.45) is 2.61. The van der Waals surface area contributed by atoms with Crippen molar-refractivity contribution in [2.75, 3.05) is 6.54 Å². The van der Waals surface area contributed by atoms with E-state index in [9.17, 15) is 4.79 Å². The summed E-state index contributed by atoms with van der Waals surface area (Å²) in [5, 5.41) is 0.666. The number of hydrogen-bond donors (Lipinski definition) is 0. The Labute approximate surface area is 196 Å². The van der Waals surface area contributed by atoms with Gasteiger partial charge < -0.3 is 4.74 Å². The molecule has 0 N–H and O–H groups in total. The van der Waals surface area contributed by atoms with E-state index in [0.29, 0.717) is 33.1 Å². The standard InChI is InChI=1S/C25H20ClNO2S2/c26-21-12-6-4-11-20(21)17-29-22-13-7-5-10-19(22)16-23-24(28)27(25(30)31-23)15-14-18-8-2-1-3-9-18/h1-13,16H,14-15,17H2/b23-16+. The number of carbonyl (C=O) groups is 1. The Balaban J connectivity index is 1.47. The fourth-order valence-electron chi connectivity index (χ4n) is 3.22. The summed E-state index contributed by atoms with van der Waals surface area (Å²) in [5.41, 5.74) is 2.92. The number of thioether (sulfide) groups is 1. The topological polar surface area (TPSA) is 29.5 Å². The van der Waals surface area contributed by atoms with Gasteiger partial charge >= 0.3 is 0 Å². The quantitative estimate of drug-likeness (QED) is 0.300. The lowest BCUT2D eigenvalue weighted by atomic mass is 10.1. The van der Waals surface area contributed by atoms with Gasteiger partial charge in [-0.15, -0.1) is 0 Å². The van der Waals surface area contributed by atoms with Crippen molar-refractivity contribution in [3.05, 3.63) is 105 Å². The first-order chi connectivity index (χ1) is 15.1. The number of ether oxygens (including phenoxy) is 1. The summed E-state index contributed by atoms with van der Waals surface area (Å²) in [6, 6.07) is 25.3. The number of rotatable bonds is 7. The SMILES string of the molecule is O=C1/C(=C\c2ccccc2OCc2ccccc2Cl)SC(=S)N1CCc1ccccc1. The van der Waals surface area contributed by atoms with Gasteiger partial charge in [-0.25, -0.2) is 0 Å². The van der Waals surface area contributed by atoms with Gasteiger partial charge in [-0.1, -0.05) is 102 Å². The highest BCUT2D eigenvalue weighted by atomic mass is 35.5. The van der Waals surface area contributed by atoms with Gasteiger partial charge in [-0.2, -0.15) is 0 Å². The smallest absolute Gasteiger partial charge is 0.266 e. The van der Waals surface area contributed by atoms with Gasteiger partial charge in [0.15, 0.2) is 0 Å². The lowest BCUT2D eigenvalue weighted by Gasteiger charge is -2.14. The molecule has 0 bridgehead atoms. The van der Waals surface area contributed by atoms with Crippen LogP contribution in [0.5, 0.6) is 5.75 Å². The van der Waals surface area contributed by atoms with Crippen LogP contribution in [0.4, 0.5) is 0 Å². The van der Waals surface area contributed by atoms with Crippen molar-refractivity contribution in [3.8, 4) is 5.75 Å².